The molecule has 0 unspecified atom stereocenters. The molecule has 1 heterocycles. The third-order valence-electron chi connectivity index (χ3n) is 5.39. The van der Waals surface area contributed by atoms with E-state index in [4.69, 9.17) is 0 Å². The van der Waals surface area contributed by atoms with Crippen molar-refractivity contribution in [1.82, 2.24) is 14.9 Å². The zero-order valence-corrected chi connectivity index (χ0v) is 17.5. The van der Waals surface area contributed by atoms with Gasteiger partial charge in [-0.3, -0.25) is 4.79 Å². The number of rotatable bonds is 5. The van der Waals surface area contributed by atoms with Crippen LogP contribution in [0.3, 0.4) is 0 Å². The van der Waals surface area contributed by atoms with Crippen LogP contribution in [0.1, 0.15) is 44.7 Å². The molecule has 0 N–H and O–H groups in total. The first-order valence-corrected chi connectivity index (χ1v) is 10.6. The van der Waals surface area contributed by atoms with Crippen LogP contribution >= 0.6 is 11.8 Å². The number of hydrogen-bond acceptors (Lipinski definition) is 5. The van der Waals surface area contributed by atoms with Gasteiger partial charge in [-0.05, 0) is 32.8 Å². The molecule has 146 valence electrons. The Morgan fingerprint density at radius 2 is 1.89 bits per heavy atom. The van der Waals surface area contributed by atoms with Crippen LogP contribution in [0.5, 0.6) is 0 Å². The van der Waals surface area contributed by atoms with Crippen molar-refractivity contribution in [2.75, 3.05) is 7.05 Å². The van der Waals surface area contributed by atoms with Crippen LogP contribution in [0.15, 0.2) is 41.6 Å². The number of nitriles is 1. The van der Waals surface area contributed by atoms with Gasteiger partial charge in [-0.2, -0.15) is 5.26 Å². The topological polar surface area (TPSA) is 69.9 Å². The van der Waals surface area contributed by atoms with E-state index in [1.165, 1.54) is 11.8 Å². The minimum absolute atomic E-state index is 0.0418. The lowest BCUT2D eigenvalue weighted by atomic mass is 9.81. The van der Waals surface area contributed by atoms with Crippen molar-refractivity contribution in [2.45, 2.75) is 61.9 Å². The number of thioether (sulfide) groups is 1. The Kier molecular flexibility index (Phi) is 6.35. The van der Waals surface area contributed by atoms with Gasteiger partial charge in [0.15, 0.2) is 5.16 Å². The molecule has 3 rings (SSSR count). The van der Waals surface area contributed by atoms with Gasteiger partial charge in [-0.25, -0.2) is 9.97 Å². The van der Waals surface area contributed by atoms with E-state index in [1.807, 2.05) is 50.2 Å². The number of aryl methyl sites for hydroxylation is 1. The fourth-order valence-corrected chi connectivity index (χ4v) is 4.62. The van der Waals surface area contributed by atoms with E-state index in [9.17, 15) is 10.1 Å². The highest BCUT2D eigenvalue weighted by Gasteiger charge is 2.40. The highest BCUT2D eigenvalue weighted by Crippen LogP contribution is 2.34. The van der Waals surface area contributed by atoms with Gasteiger partial charge in [0.2, 0.25) is 5.91 Å². The quantitative estimate of drug-likeness (QED) is 0.547. The molecule has 0 spiro atoms. The Hall–Kier alpha value is -2.39. The predicted molar refractivity (Wildman–Crippen MR) is 112 cm³/mol. The van der Waals surface area contributed by atoms with Crippen LogP contribution in [0.4, 0.5) is 0 Å². The van der Waals surface area contributed by atoms with Crippen LogP contribution < -0.4 is 0 Å². The first-order valence-electron chi connectivity index (χ1n) is 9.72. The minimum Gasteiger partial charge on any atom is -0.326 e. The number of nitrogens with zero attached hydrogens (tertiary/aromatic N) is 4. The SMILES string of the molecule is Cc1cc(-c2ccccc2)nc(S[C@@H](C)C(=O)N(C)C2(C#N)CCCCC2)n1. The number of benzene rings is 1. The summed E-state index contributed by atoms with van der Waals surface area (Å²) in [5.41, 5.74) is 2.07. The molecule has 5 nitrogen and oxygen atoms in total. The average Bonchev–Trinajstić information content (AvgIpc) is 2.73. The summed E-state index contributed by atoms with van der Waals surface area (Å²) < 4.78 is 0. The molecule has 1 aliphatic carbocycles. The summed E-state index contributed by atoms with van der Waals surface area (Å²) in [6.45, 7) is 3.80. The van der Waals surface area contributed by atoms with Gasteiger partial charge >= 0.3 is 0 Å². The Morgan fingerprint density at radius 3 is 2.54 bits per heavy atom. The highest BCUT2D eigenvalue weighted by molar-refractivity contribution is 8.00. The van der Waals surface area contributed by atoms with E-state index >= 15 is 0 Å². The first-order chi connectivity index (χ1) is 13.4. The molecule has 0 saturated heterocycles. The third kappa shape index (κ3) is 4.36. The molecule has 1 aliphatic rings. The predicted octanol–water partition coefficient (Wildman–Crippen LogP) is 4.62. The molecule has 0 aliphatic heterocycles. The van der Waals surface area contributed by atoms with E-state index in [2.05, 4.69) is 16.0 Å². The van der Waals surface area contributed by atoms with E-state index in [-0.39, 0.29) is 11.2 Å². The Balaban J connectivity index is 1.77. The van der Waals surface area contributed by atoms with Gasteiger partial charge in [0.1, 0.15) is 5.54 Å². The third-order valence-corrected chi connectivity index (χ3v) is 6.34. The molecule has 0 radical (unpaired) electrons. The van der Waals surface area contributed by atoms with Gasteiger partial charge in [-0.1, -0.05) is 61.4 Å². The molecule has 6 heteroatoms. The lowest BCUT2D eigenvalue weighted by Gasteiger charge is -2.40. The number of carbonyl (C=O) groups is 1. The Bertz CT molecular complexity index is 872. The second-order valence-electron chi connectivity index (χ2n) is 7.40. The molecule has 1 atom stereocenters. The first kappa shape index (κ1) is 20.3. The summed E-state index contributed by atoms with van der Waals surface area (Å²) in [7, 11) is 1.76. The maximum Gasteiger partial charge on any atom is 0.236 e. The smallest absolute Gasteiger partial charge is 0.236 e. The lowest BCUT2D eigenvalue weighted by Crippen LogP contribution is -2.52. The number of hydrogen-bond donors (Lipinski definition) is 0. The highest BCUT2D eigenvalue weighted by atomic mass is 32.2. The molecule has 1 saturated carbocycles. The normalized spacial score (nSPS) is 16.8. The van der Waals surface area contributed by atoms with Crippen molar-refractivity contribution in [3.63, 3.8) is 0 Å². The van der Waals surface area contributed by atoms with Crippen LogP contribution in [0.2, 0.25) is 0 Å². The second-order valence-corrected chi connectivity index (χ2v) is 8.71. The van der Waals surface area contributed by atoms with Crippen LogP contribution in [-0.4, -0.2) is 38.6 Å². The van der Waals surface area contributed by atoms with E-state index in [0.29, 0.717) is 5.16 Å². The molecule has 2 aromatic rings. The van der Waals surface area contributed by atoms with Gasteiger partial charge in [-0.15, -0.1) is 0 Å². The monoisotopic (exact) mass is 394 g/mol. The summed E-state index contributed by atoms with van der Waals surface area (Å²) in [4.78, 5) is 23.9. The van der Waals surface area contributed by atoms with Gasteiger partial charge in [0.05, 0.1) is 17.0 Å². The Morgan fingerprint density at radius 1 is 1.21 bits per heavy atom. The molecule has 1 aromatic carbocycles. The van der Waals surface area contributed by atoms with Gasteiger partial charge in [0, 0.05) is 18.3 Å². The van der Waals surface area contributed by atoms with Crippen LogP contribution in [0.25, 0.3) is 11.3 Å². The average molecular weight is 395 g/mol. The van der Waals surface area contributed by atoms with Crippen LogP contribution in [0, 0.1) is 18.3 Å². The number of carbonyl (C=O) groups excluding carboxylic acids is 1. The maximum absolute atomic E-state index is 13.0. The van der Waals surface area contributed by atoms with Crippen molar-refractivity contribution < 1.29 is 4.79 Å². The Labute approximate surface area is 171 Å². The minimum atomic E-state index is -0.674. The van der Waals surface area contributed by atoms with E-state index < -0.39 is 5.54 Å². The molecule has 1 aromatic heterocycles. The molecule has 1 fully saturated rings. The maximum atomic E-state index is 13.0. The van der Waals surface area contributed by atoms with E-state index in [1.54, 1.807) is 11.9 Å². The van der Waals surface area contributed by atoms with Crippen molar-refractivity contribution in [2.24, 2.45) is 0 Å². The van der Waals surface area contributed by atoms with Crippen molar-refractivity contribution in [1.29, 1.82) is 5.26 Å². The zero-order valence-electron chi connectivity index (χ0n) is 16.7. The number of amides is 1. The van der Waals surface area contributed by atoms with E-state index in [0.717, 1.165) is 49.1 Å². The van der Waals surface area contributed by atoms with Gasteiger partial charge < -0.3 is 4.90 Å². The lowest BCUT2D eigenvalue weighted by molar-refractivity contribution is -0.133. The summed E-state index contributed by atoms with van der Waals surface area (Å²) in [5.74, 6) is -0.0418. The molecular formula is C22H26N4OS. The number of aromatic nitrogens is 2. The largest absolute Gasteiger partial charge is 0.326 e. The second kappa shape index (κ2) is 8.74. The molecular weight excluding hydrogens is 368 g/mol. The summed E-state index contributed by atoms with van der Waals surface area (Å²) >= 11 is 1.35. The van der Waals surface area contributed by atoms with Crippen molar-refractivity contribution >= 4 is 17.7 Å². The summed E-state index contributed by atoms with van der Waals surface area (Å²) in [6.07, 6.45) is 4.63. The zero-order chi connectivity index (χ0) is 20.1. The summed E-state index contributed by atoms with van der Waals surface area (Å²) in [6, 6.07) is 14.3. The fraction of sp³-hybridized carbons (Fsp3) is 0.455. The van der Waals surface area contributed by atoms with Crippen molar-refractivity contribution in [3.8, 4) is 17.3 Å². The van der Waals surface area contributed by atoms with Crippen LogP contribution in [-0.2, 0) is 4.79 Å². The summed E-state index contributed by atoms with van der Waals surface area (Å²) in [5, 5.41) is 9.98. The fourth-order valence-electron chi connectivity index (χ4n) is 3.70. The van der Waals surface area contributed by atoms with Gasteiger partial charge in [0.25, 0.3) is 0 Å². The standard InChI is InChI=1S/C22H26N4OS/c1-16-14-19(18-10-6-4-7-11-18)25-21(24-16)28-17(2)20(27)26(3)22(15-23)12-8-5-9-13-22/h4,6-7,10-11,14,17H,5,8-9,12-13H2,1-3H3/t17-/m0/s1. The van der Waals surface area contributed by atoms with Crippen molar-refractivity contribution in [3.05, 3.63) is 42.1 Å². The molecule has 1 amide bonds. The molecule has 0 bridgehead atoms. The molecule has 28 heavy (non-hydrogen) atoms.